The third kappa shape index (κ3) is 4.00. The first-order valence-electron chi connectivity index (χ1n) is 8.24. The van der Waals surface area contributed by atoms with Gasteiger partial charge in [-0.25, -0.2) is 13.4 Å². The molecule has 0 saturated carbocycles. The zero-order chi connectivity index (χ0) is 17.9. The number of nitrogens with one attached hydrogen (secondary N) is 1. The Balaban J connectivity index is 1.64. The van der Waals surface area contributed by atoms with E-state index in [1.165, 1.54) is 6.33 Å². The second kappa shape index (κ2) is 7.51. The first-order valence-corrected chi connectivity index (χ1v) is 9.68. The number of sulfonamides is 1. The van der Waals surface area contributed by atoms with Gasteiger partial charge in [0.2, 0.25) is 10.0 Å². The van der Waals surface area contributed by atoms with Crippen LogP contribution in [0.1, 0.15) is 18.7 Å². The van der Waals surface area contributed by atoms with Crippen LogP contribution in [-0.4, -0.2) is 53.7 Å². The Morgan fingerprint density at radius 2 is 1.92 bits per heavy atom. The van der Waals surface area contributed by atoms with Crippen LogP contribution in [0.4, 0.5) is 0 Å². The monoisotopic (exact) mass is 365 g/mol. The van der Waals surface area contributed by atoms with Gasteiger partial charge in [0.25, 0.3) is 0 Å². The minimum atomic E-state index is -3.45. The first kappa shape index (κ1) is 17.8. The number of aryl methyl sites for hydroxylation is 1. The van der Waals surface area contributed by atoms with Crippen LogP contribution in [-0.2, 0) is 23.7 Å². The van der Waals surface area contributed by atoms with Crippen LogP contribution in [0.25, 0.3) is 0 Å². The highest BCUT2D eigenvalue weighted by molar-refractivity contribution is 7.89. The van der Waals surface area contributed by atoms with Gasteiger partial charge >= 0.3 is 0 Å². The molecule has 0 unspecified atom stereocenters. The van der Waals surface area contributed by atoms with Crippen molar-refractivity contribution >= 4 is 10.0 Å². The van der Waals surface area contributed by atoms with Crippen LogP contribution in [0, 0.1) is 0 Å². The number of aromatic nitrogens is 3. The summed E-state index contributed by atoms with van der Waals surface area (Å²) in [6.45, 7) is 1.36. The quantitative estimate of drug-likeness (QED) is 0.813. The number of nitrogens with zero attached hydrogens (tertiary/aromatic N) is 4. The average molecular weight is 365 g/mol. The number of hydrogen-bond acceptors (Lipinski definition) is 6. The number of ether oxygens (including phenoxy) is 1. The molecule has 1 aliphatic rings. The van der Waals surface area contributed by atoms with Crippen LogP contribution in [0.2, 0.25) is 0 Å². The predicted octanol–water partition coefficient (Wildman–Crippen LogP) is 0.767. The molecule has 136 valence electrons. The fourth-order valence-electron chi connectivity index (χ4n) is 2.84. The fourth-order valence-corrected chi connectivity index (χ4v) is 4.31. The molecule has 25 heavy (non-hydrogen) atoms. The van der Waals surface area contributed by atoms with E-state index in [0.29, 0.717) is 35.6 Å². The van der Waals surface area contributed by atoms with Gasteiger partial charge in [0.15, 0.2) is 5.82 Å². The molecule has 0 amide bonds. The second-order valence-electron chi connectivity index (χ2n) is 6.03. The van der Waals surface area contributed by atoms with Gasteiger partial charge in [-0.2, -0.15) is 9.40 Å². The zero-order valence-electron chi connectivity index (χ0n) is 14.4. The van der Waals surface area contributed by atoms with Gasteiger partial charge in [-0.3, -0.25) is 4.68 Å². The molecule has 1 N–H and O–H groups in total. The van der Waals surface area contributed by atoms with E-state index in [2.05, 4.69) is 15.4 Å². The molecule has 8 nitrogen and oxygen atoms in total. The van der Waals surface area contributed by atoms with Crippen LogP contribution < -0.4 is 10.1 Å². The van der Waals surface area contributed by atoms with Gasteiger partial charge in [-0.1, -0.05) is 0 Å². The lowest BCUT2D eigenvalue weighted by atomic mass is 10.1. The second-order valence-corrected chi connectivity index (χ2v) is 7.96. The number of hydrogen-bond donors (Lipinski definition) is 1. The zero-order valence-corrected chi connectivity index (χ0v) is 15.2. The van der Waals surface area contributed by atoms with E-state index in [-0.39, 0.29) is 6.61 Å². The van der Waals surface area contributed by atoms with Crippen LogP contribution in [0.3, 0.4) is 0 Å². The van der Waals surface area contributed by atoms with Crippen molar-refractivity contribution < 1.29 is 13.2 Å². The van der Waals surface area contributed by atoms with E-state index in [1.54, 1.807) is 40.3 Å². The highest BCUT2D eigenvalue weighted by Gasteiger charge is 2.28. The molecule has 0 spiro atoms. The lowest BCUT2D eigenvalue weighted by molar-refractivity contribution is 0.289. The number of rotatable bonds is 6. The van der Waals surface area contributed by atoms with Crippen LogP contribution in [0.15, 0.2) is 35.5 Å². The summed E-state index contributed by atoms with van der Waals surface area (Å²) in [4.78, 5) is 4.37. The molecule has 1 fully saturated rings. The molecule has 0 radical (unpaired) electrons. The molecule has 1 aliphatic heterocycles. The van der Waals surface area contributed by atoms with Gasteiger partial charge in [-0.15, -0.1) is 0 Å². The largest absolute Gasteiger partial charge is 0.486 e. The molecule has 0 bridgehead atoms. The Morgan fingerprint density at radius 3 is 2.48 bits per heavy atom. The molecular weight excluding hydrogens is 342 g/mol. The summed E-state index contributed by atoms with van der Waals surface area (Å²) >= 11 is 0. The summed E-state index contributed by atoms with van der Waals surface area (Å²) in [6, 6.07) is 6.91. The van der Waals surface area contributed by atoms with Crippen molar-refractivity contribution in [3.05, 3.63) is 36.4 Å². The van der Waals surface area contributed by atoms with E-state index in [0.717, 1.165) is 12.8 Å². The Hall–Kier alpha value is -1.97. The minimum Gasteiger partial charge on any atom is -0.486 e. The molecule has 3 rings (SSSR count). The number of piperidine rings is 1. The normalized spacial score (nSPS) is 16.9. The van der Waals surface area contributed by atoms with Gasteiger partial charge in [0.05, 0.1) is 4.90 Å². The third-order valence-corrected chi connectivity index (χ3v) is 6.41. The van der Waals surface area contributed by atoms with Crippen molar-refractivity contribution in [1.82, 2.24) is 24.4 Å². The molecule has 1 saturated heterocycles. The topological polar surface area (TPSA) is 89.3 Å². The molecule has 2 aromatic rings. The van der Waals surface area contributed by atoms with Crippen LogP contribution >= 0.6 is 0 Å². The Bertz CT molecular complexity index is 795. The molecule has 9 heteroatoms. The Kier molecular flexibility index (Phi) is 5.36. The molecule has 0 atom stereocenters. The summed E-state index contributed by atoms with van der Waals surface area (Å²) in [6.07, 6.45) is 3.12. The van der Waals surface area contributed by atoms with E-state index >= 15 is 0 Å². The Morgan fingerprint density at radius 1 is 1.24 bits per heavy atom. The first-order chi connectivity index (χ1) is 12.0. The fraction of sp³-hybridized carbons (Fsp3) is 0.500. The summed E-state index contributed by atoms with van der Waals surface area (Å²) < 4.78 is 34.3. The summed E-state index contributed by atoms with van der Waals surface area (Å²) in [5.41, 5.74) is 0. The number of benzene rings is 1. The predicted molar refractivity (Wildman–Crippen MR) is 92.6 cm³/mol. The van der Waals surface area contributed by atoms with E-state index in [4.69, 9.17) is 4.74 Å². The molecule has 1 aromatic heterocycles. The average Bonchev–Trinajstić information content (AvgIpc) is 3.05. The van der Waals surface area contributed by atoms with Crippen molar-refractivity contribution in [3.63, 3.8) is 0 Å². The lowest BCUT2D eigenvalue weighted by Crippen LogP contribution is -2.43. The standard InChI is InChI=1S/C16H23N5O3S/c1-17-13-7-9-21(10-8-13)25(22,23)15-5-3-14(4-6-15)24-11-16-18-12-19-20(16)2/h3-6,12-13,17H,7-11H2,1-2H3. The van der Waals surface area contributed by atoms with Crippen LogP contribution in [0.5, 0.6) is 5.75 Å². The summed E-state index contributed by atoms with van der Waals surface area (Å²) in [7, 11) is 0.250. The highest BCUT2D eigenvalue weighted by atomic mass is 32.2. The van der Waals surface area contributed by atoms with Gasteiger partial charge in [-0.05, 0) is 44.2 Å². The summed E-state index contributed by atoms with van der Waals surface area (Å²) in [5.74, 6) is 1.29. The van der Waals surface area contributed by atoms with E-state index in [1.807, 2.05) is 7.05 Å². The lowest BCUT2D eigenvalue weighted by Gasteiger charge is -2.31. The minimum absolute atomic E-state index is 0.278. The van der Waals surface area contributed by atoms with Crippen molar-refractivity contribution in [2.75, 3.05) is 20.1 Å². The van der Waals surface area contributed by atoms with E-state index in [9.17, 15) is 8.42 Å². The smallest absolute Gasteiger partial charge is 0.243 e. The van der Waals surface area contributed by atoms with Gasteiger partial charge in [0.1, 0.15) is 18.7 Å². The molecular formula is C16H23N5O3S. The van der Waals surface area contributed by atoms with E-state index < -0.39 is 10.0 Å². The maximum atomic E-state index is 12.7. The SMILES string of the molecule is CNC1CCN(S(=O)(=O)c2ccc(OCc3ncnn3C)cc2)CC1. The Labute approximate surface area is 147 Å². The van der Waals surface area contributed by atoms with Crippen molar-refractivity contribution in [3.8, 4) is 5.75 Å². The van der Waals surface area contributed by atoms with Crippen molar-refractivity contribution in [2.45, 2.75) is 30.4 Å². The third-order valence-electron chi connectivity index (χ3n) is 4.50. The van der Waals surface area contributed by atoms with Crippen molar-refractivity contribution in [1.29, 1.82) is 0 Å². The molecule has 0 aliphatic carbocycles. The van der Waals surface area contributed by atoms with Gasteiger partial charge < -0.3 is 10.1 Å². The highest BCUT2D eigenvalue weighted by Crippen LogP contribution is 2.23. The summed E-state index contributed by atoms with van der Waals surface area (Å²) in [5, 5.41) is 7.18. The van der Waals surface area contributed by atoms with Gasteiger partial charge in [0, 0.05) is 26.2 Å². The maximum absolute atomic E-state index is 12.7. The molecule has 1 aromatic carbocycles. The molecule has 2 heterocycles. The maximum Gasteiger partial charge on any atom is 0.243 e. The van der Waals surface area contributed by atoms with Crippen molar-refractivity contribution in [2.24, 2.45) is 7.05 Å².